The summed E-state index contributed by atoms with van der Waals surface area (Å²) in [5.74, 6) is -0.409. The SMILES string of the molecule is CCN(CC)C(=O)c1ccc(S(=O)(=O)N2CC=C(c3c[nH]c4cc(F)ccc34)CC2)cc1. The van der Waals surface area contributed by atoms with E-state index in [1.165, 1.54) is 28.6 Å². The lowest BCUT2D eigenvalue weighted by atomic mass is 10.00. The zero-order valence-electron chi connectivity index (χ0n) is 18.1. The number of carbonyl (C=O) groups is 1. The third-order valence-corrected chi connectivity index (χ3v) is 7.83. The minimum atomic E-state index is -3.67. The van der Waals surface area contributed by atoms with E-state index in [9.17, 15) is 17.6 Å². The van der Waals surface area contributed by atoms with E-state index in [0.717, 1.165) is 22.0 Å². The number of sulfonamides is 1. The molecular formula is C24H26FN3O3S. The van der Waals surface area contributed by atoms with Crippen LogP contribution in [-0.4, -0.2) is 54.7 Å². The zero-order valence-corrected chi connectivity index (χ0v) is 19.0. The lowest BCUT2D eigenvalue weighted by molar-refractivity contribution is 0.0773. The molecule has 8 heteroatoms. The van der Waals surface area contributed by atoms with Crippen molar-refractivity contribution in [2.75, 3.05) is 26.2 Å². The van der Waals surface area contributed by atoms with E-state index in [0.29, 0.717) is 31.6 Å². The van der Waals surface area contributed by atoms with Crippen LogP contribution < -0.4 is 0 Å². The molecule has 0 atom stereocenters. The Kier molecular flexibility index (Phi) is 6.17. The van der Waals surface area contributed by atoms with Crippen molar-refractivity contribution in [3.8, 4) is 0 Å². The maximum absolute atomic E-state index is 13.4. The minimum absolute atomic E-state index is 0.108. The van der Waals surface area contributed by atoms with E-state index in [4.69, 9.17) is 0 Å². The molecular weight excluding hydrogens is 429 g/mol. The summed E-state index contributed by atoms with van der Waals surface area (Å²) < 4.78 is 41.1. The molecule has 0 spiro atoms. The molecule has 0 radical (unpaired) electrons. The van der Waals surface area contributed by atoms with Gasteiger partial charge in [0.15, 0.2) is 0 Å². The van der Waals surface area contributed by atoms with Crippen LogP contribution in [-0.2, 0) is 10.0 Å². The second-order valence-electron chi connectivity index (χ2n) is 7.74. The van der Waals surface area contributed by atoms with E-state index in [1.807, 2.05) is 26.1 Å². The van der Waals surface area contributed by atoms with E-state index in [1.54, 1.807) is 23.1 Å². The van der Waals surface area contributed by atoms with Crippen LogP contribution in [0.15, 0.2) is 59.6 Å². The second-order valence-corrected chi connectivity index (χ2v) is 9.67. The van der Waals surface area contributed by atoms with Gasteiger partial charge in [0.1, 0.15) is 5.82 Å². The number of nitrogens with one attached hydrogen (secondary N) is 1. The summed E-state index contributed by atoms with van der Waals surface area (Å²) in [4.78, 5) is 17.4. The molecule has 0 bridgehead atoms. The van der Waals surface area contributed by atoms with Crippen molar-refractivity contribution in [2.24, 2.45) is 0 Å². The summed E-state index contributed by atoms with van der Waals surface area (Å²) in [6, 6.07) is 10.8. The molecule has 0 unspecified atom stereocenters. The van der Waals surface area contributed by atoms with Crippen LogP contribution in [0.2, 0.25) is 0 Å². The Morgan fingerprint density at radius 1 is 1.12 bits per heavy atom. The largest absolute Gasteiger partial charge is 0.360 e. The molecule has 2 heterocycles. The number of hydrogen-bond donors (Lipinski definition) is 1. The summed E-state index contributed by atoms with van der Waals surface area (Å²) in [6.07, 6.45) is 4.30. The number of hydrogen-bond acceptors (Lipinski definition) is 3. The maximum Gasteiger partial charge on any atom is 0.253 e. The smallest absolute Gasteiger partial charge is 0.253 e. The molecule has 1 N–H and O–H groups in total. The molecule has 6 nitrogen and oxygen atoms in total. The molecule has 168 valence electrons. The number of amides is 1. The molecule has 1 aliphatic rings. The Morgan fingerprint density at radius 2 is 1.84 bits per heavy atom. The standard InChI is InChI=1S/C24H26FN3O3S/c1-3-27(4-2)24(29)18-5-8-20(9-6-18)32(30,31)28-13-11-17(12-14-28)22-16-26-23-15-19(25)7-10-21(22)23/h5-11,15-16,26H,3-4,12-14H2,1-2H3. The highest BCUT2D eigenvalue weighted by Gasteiger charge is 2.27. The van der Waals surface area contributed by atoms with Crippen LogP contribution in [0.4, 0.5) is 4.39 Å². The van der Waals surface area contributed by atoms with Crippen molar-refractivity contribution in [1.82, 2.24) is 14.2 Å². The Morgan fingerprint density at radius 3 is 2.47 bits per heavy atom. The van der Waals surface area contributed by atoms with Gasteiger partial charge in [0.25, 0.3) is 5.91 Å². The van der Waals surface area contributed by atoms with Gasteiger partial charge in [-0.3, -0.25) is 4.79 Å². The summed E-state index contributed by atoms with van der Waals surface area (Å²) in [5.41, 5.74) is 3.20. The molecule has 1 aromatic heterocycles. The van der Waals surface area contributed by atoms with Gasteiger partial charge in [-0.25, -0.2) is 12.8 Å². The first kappa shape index (κ1) is 22.2. The second kappa shape index (κ2) is 8.88. The lowest BCUT2D eigenvalue weighted by Gasteiger charge is -2.26. The first-order valence-corrected chi connectivity index (χ1v) is 12.1. The molecule has 0 saturated heterocycles. The van der Waals surface area contributed by atoms with Crippen LogP contribution in [0.3, 0.4) is 0 Å². The van der Waals surface area contributed by atoms with Gasteiger partial charge < -0.3 is 9.88 Å². The number of carbonyl (C=O) groups excluding carboxylic acids is 1. The highest BCUT2D eigenvalue weighted by atomic mass is 32.2. The number of rotatable bonds is 6. The van der Waals surface area contributed by atoms with E-state index >= 15 is 0 Å². The van der Waals surface area contributed by atoms with Crippen molar-refractivity contribution < 1.29 is 17.6 Å². The summed E-state index contributed by atoms with van der Waals surface area (Å²) >= 11 is 0. The van der Waals surface area contributed by atoms with Gasteiger partial charge in [0.2, 0.25) is 10.0 Å². The van der Waals surface area contributed by atoms with Crippen LogP contribution in [0.1, 0.15) is 36.2 Å². The van der Waals surface area contributed by atoms with Gasteiger partial charge in [-0.15, -0.1) is 0 Å². The molecule has 0 fully saturated rings. The quantitative estimate of drug-likeness (QED) is 0.603. The van der Waals surface area contributed by atoms with Gasteiger partial charge in [0.05, 0.1) is 4.90 Å². The fourth-order valence-corrected chi connectivity index (χ4v) is 5.47. The van der Waals surface area contributed by atoms with Crippen molar-refractivity contribution in [2.45, 2.75) is 25.2 Å². The fourth-order valence-electron chi connectivity index (χ4n) is 4.09. The first-order chi connectivity index (χ1) is 15.3. The molecule has 3 aromatic rings. The third-order valence-electron chi connectivity index (χ3n) is 5.95. The van der Waals surface area contributed by atoms with Crippen molar-refractivity contribution in [3.05, 3.63) is 71.7 Å². The van der Waals surface area contributed by atoms with Crippen LogP contribution in [0.25, 0.3) is 16.5 Å². The van der Waals surface area contributed by atoms with Gasteiger partial charge in [0, 0.05) is 54.4 Å². The number of aromatic amines is 1. The predicted octanol–water partition coefficient (Wildman–Crippen LogP) is 4.27. The molecule has 2 aromatic carbocycles. The summed E-state index contributed by atoms with van der Waals surface area (Å²) in [7, 11) is -3.67. The number of aromatic nitrogens is 1. The fraction of sp³-hybridized carbons (Fsp3) is 0.292. The molecule has 1 aliphatic heterocycles. The van der Waals surface area contributed by atoms with Crippen molar-refractivity contribution in [3.63, 3.8) is 0 Å². The monoisotopic (exact) mass is 455 g/mol. The van der Waals surface area contributed by atoms with Crippen LogP contribution in [0, 0.1) is 5.82 Å². The topological polar surface area (TPSA) is 73.5 Å². The van der Waals surface area contributed by atoms with Gasteiger partial charge in [-0.2, -0.15) is 4.31 Å². The molecule has 4 rings (SSSR count). The third kappa shape index (κ3) is 4.08. The highest BCUT2D eigenvalue weighted by molar-refractivity contribution is 7.89. The molecule has 1 amide bonds. The number of fused-ring (bicyclic) bond motifs is 1. The molecule has 32 heavy (non-hydrogen) atoms. The highest BCUT2D eigenvalue weighted by Crippen LogP contribution is 2.31. The average molecular weight is 456 g/mol. The van der Waals surface area contributed by atoms with Crippen molar-refractivity contribution >= 4 is 32.4 Å². The first-order valence-electron chi connectivity index (χ1n) is 10.7. The van der Waals surface area contributed by atoms with Crippen LogP contribution >= 0.6 is 0 Å². The van der Waals surface area contributed by atoms with E-state index in [2.05, 4.69) is 4.98 Å². The summed E-state index contributed by atoms with van der Waals surface area (Å²) in [5, 5.41) is 0.919. The minimum Gasteiger partial charge on any atom is -0.360 e. The number of nitrogens with zero attached hydrogens (tertiary/aromatic N) is 2. The van der Waals surface area contributed by atoms with Crippen LogP contribution in [0.5, 0.6) is 0 Å². The number of halogens is 1. The Hall–Kier alpha value is -2.97. The normalized spacial score (nSPS) is 15.0. The van der Waals surface area contributed by atoms with Gasteiger partial charge in [-0.05, 0) is 68.3 Å². The molecule has 0 saturated carbocycles. The van der Waals surface area contributed by atoms with Crippen molar-refractivity contribution in [1.29, 1.82) is 0 Å². The Labute approximate surface area is 187 Å². The molecule has 0 aliphatic carbocycles. The maximum atomic E-state index is 13.4. The van der Waals surface area contributed by atoms with E-state index < -0.39 is 10.0 Å². The Balaban J connectivity index is 1.52. The number of benzene rings is 2. The van der Waals surface area contributed by atoms with Gasteiger partial charge >= 0.3 is 0 Å². The van der Waals surface area contributed by atoms with E-state index in [-0.39, 0.29) is 23.2 Å². The predicted molar refractivity (Wildman–Crippen MR) is 123 cm³/mol. The average Bonchev–Trinajstić information content (AvgIpc) is 3.23. The summed E-state index contributed by atoms with van der Waals surface area (Å²) in [6.45, 7) is 5.63. The van der Waals surface area contributed by atoms with Gasteiger partial charge in [-0.1, -0.05) is 6.08 Å². The Bertz CT molecular complexity index is 1280. The zero-order chi connectivity index (χ0) is 22.9. The lowest BCUT2D eigenvalue weighted by Crippen LogP contribution is -2.34. The number of H-pyrrole nitrogens is 1.